The first-order chi connectivity index (χ1) is 11.7. The Morgan fingerprint density at radius 2 is 1.08 bits per heavy atom. The van der Waals surface area contributed by atoms with Crippen LogP contribution in [0.3, 0.4) is 0 Å². The molecule has 2 aromatic heterocycles. The molecule has 2 heterocycles. The summed E-state index contributed by atoms with van der Waals surface area (Å²) in [6.07, 6.45) is 13.3. The van der Waals surface area contributed by atoms with Gasteiger partial charge in [-0.3, -0.25) is 0 Å². The number of hydrogen-bond donors (Lipinski definition) is 0. The summed E-state index contributed by atoms with van der Waals surface area (Å²) < 4.78 is 6.23. The summed E-state index contributed by atoms with van der Waals surface area (Å²) >= 11 is 8.72. The summed E-state index contributed by atoms with van der Waals surface area (Å²) in [5, 5.41) is 0. The van der Waals surface area contributed by atoms with Gasteiger partial charge >= 0.3 is 178 Å². The van der Waals surface area contributed by atoms with Crippen LogP contribution < -0.4 is 0 Å². The third-order valence-corrected chi connectivity index (χ3v) is 11.9. The Kier molecular flexibility index (Phi) is 10.3. The van der Waals surface area contributed by atoms with Crippen LogP contribution in [0.25, 0.3) is 8.87 Å². The van der Waals surface area contributed by atoms with E-state index >= 15 is 0 Å². The van der Waals surface area contributed by atoms with Gasteiger partial charge in [-0.05, 0) is 0 Å². The van der Waals surface area contributed by atoms with Crippen LogP contribution in [0.4, 0.5) is 0 Å². The zero-order chi connectivity index (χ0) is 17.4. The standard InChI is InChI=1S/C20H28Br2Se2/c1-3-5-7-9-11-15-13-17(23-19(15)21)18-14-16(20(22)24-18)12-10-8-6-4-2/h13-14H,3-12H2,1-2H3. The van der Waals surface area contributed by atoms with E-state index in [2.05, 4.69) is 57.8 Å². The molecule has 0 aromatic carbocycles. The Bertz CT molecular complexity index is 559. The van der Waals surface area contributed by atoms with Gasteiger partial charge in [-0.15, -0.1) is 0 Å². The van der Waals surface area contributed by atoms with E-state index in [1.165, 1.54) is 70.9 Å². The average molecular weight is 586 g/mol. The first kappa shape index (κ1) is 21.3. The first-order valence-corrected chi connectivity index (χ1v) is 14.2. The van der Waals surface area contributed by atoms with E-state index in [4.69, 9.17) is 0 Å². The zero-order valence-electron chi connectivity index (χ0n) is 14.8. The van der Waals surface area contributed by atoms with Crippen LogP contribution in [-0.2, 0) is 12.8 Å². The molecule has 0 atom stereocenters. The second kappa shape index (κ2) is 11.6. The average Bonchev–Trinajstić information content (AvgIpc) is 3.12. The van der Waals surface area contributed by atoms with Gasteiger partial charge in [-0.2, -0.15) is 0 Å². The monoisotopic (exact) mass is 586 g/mol. The summed E-state index contributed by atoms with van der Waals surface area (Å²) in [4.78, 5) is 0. The summed E-state index contributed by atoms with van der Waals surface area (Å²) in [5.41, 5.74) is 3.15. The molecule has 0 aliphatic rings. The molecule has 0 N–H and O–H groups in total. The fraction of sp³-hybridized carbons (Fsp3) is 0.600. The van der Waals surface area contributed by atoms with Crippen molar-refractivity contribution in [3.63, 3.8) is 0 Å². The van der Waals surface area contributed by atoms with Crippen molar-refractivity contribution >= 4 is 60.9 Å². The molecule has 0 saturated carbocycles. The van der Waals surface area contributed by atoms with Crippen molar-refractivity contribution in [2.45, 2.75) is 78.1 Å². The Hall–Kier alpha value is 0.959. The first-order valence-electron chi connectivity index (χ1n) is 9.22. The van der Waals surface area contributed by atoms with Gasteiger partial charge in [0.05, 0.1) is 0 Å². The number of halogens is 2. The van der Waals surface area contributed by atoms with E-state index in [0.717, 1.165) is 0 Å². The Labute approximate surface area is 176 Å². The van der Waals surface area contributed by atoms with Crippen molar-refractivity contribution in [2.24, 2.45) is 0 Å². The molecule has 0 bridgehead atoms. The summed E-state index contributed by atoms with van der Waals surface area (Å²) in [6.45, 7) is 4.57. The number of unbranched alkanes of at least 4 members (excludes halogenated alkanes) is 6. The second-order valence-electron chi connectivity index (χ2n) is 6.44. The molecule has 0 nitrogen and oxygen atoms in total. The van der Waals surface area contributed by atoms with Gasteiger partial charge in [-0.1, -0.05) is 0 Å². The van der Waals surface area contributed by atoms with Gasteiger partial charge in [-0.25, -0.2) is 0 Å². The predicted octanol–water partition coefficient (Wildman–Crippen LogP) is 7.24. The van der Waals surface area contributed by atoms with Crippen molar-refractivity contribution in [3.8, 4) is 8.87 Å². The van der Waals surface area contributed by atoms with E-state index < -0.39 is 0 Å². The summed E-state index contributed by atoms with van der Waals surface area (Å²) in [6, 6.07) is 5.01. The topological polar surface area (TPSA) is 0 Å². The molecule has 0 aliphatic carbocycles. The van der Waals surface area contributed by atoms with Gasteiger partial charge in [0.25, 0.3) is 0 Å². The SMILES string of the molecule is CCCCCCc1cc(-c2cc(CCCCCC)c(Br)[se]2)[se]c1Br. The van der Waals surface area contributed by atoms with Gasteiger partial charge in [0.1, 0.15) is 0 Å². The van der Waals surface area contributed by atoms with Crippen LogP contribution in [0.2, 0.25) is 0 Å². The molecule has 0 aliphatic heterocycles. The molecule has 0 saturated heterocycles. The molecule has 0 fully saturated rings. The minimum absolute atomic E-state index is 0.499. The van der Waals surface area contributed by atoms with E-state index in [0.29, 0.717) is 29.0 Å². The number of hydrogen-bond acceptors (Lipinski definition) is 0. The van der Waals surface area contributed by atoms with Gasteiger partial charge in [0.15, 0.2) is 0 Å². The summed E-state index contributed by atoms with van der Waals surface area (Å²) in [5.74, 6) is 0. The number of aryl methyl sites for hydroxylation is 2. The van der Waals surface area contributed by atoms with Crippen molar-refractivity contribution < 1.29 is 0 Å². The Balaban J connectivity index is 1.98. The molecular formula is C20H28Br2Se2. The third-order valence-electron chi connectivity index (χ3n) is 4.36. The van der Waals surface area contributed by atoms with Crippen molar-refractivity contribution in [1.29, 1.82) is 0 Å². The molecule has 0 unspecified atom stereocenters. The van der Waals surface area contributed by atoms with Crippen LogP contribution in [0.15, 0.2) is 18.8 Å². The maximum absolute atomic E-state index is 3.86. The molecular weight excluding hydrogens is 558 g/mol. The van der Waals surface area contributed by atoms with Crippen LogP contribution in [-0.4, -0.2) is 29.0 Å². The third kappa shape index (κ3) is 6.60. The molecule has 0 amide bonds. The van der Waals surface area contributed by atoms with E-state index in [-0.39, 0.29) is 0 Å². The van der Waals surface area contributed by atoms with Crippen LogP contribution in [0.1, 0.15) is 76.3 Å². The zero-order valence-corrected chi connectivity index (χ0v) is 21.4. The molecule has 4 heteroatoms. The second-order valence-corrected chi connectivity index (χ2v) is 14.8. The van der Waals surface area contributed by atoms with E-state index in [1.54, 1.807) is 20.0 Å². The van der Waals surface area contributed by atoms with Crippen LogP contribution in [0, 0.1) is 0 Å². The Morgan fingerprint density at radius 3 is 1.46 bits per heavy atom. The maximum atomic E-state index is 3.86. The fourth-order valence-corrected chi connectivity index (χ4v) is 9.78. The van der Waals surface area contributed by atoms with Crippen molar-refractivity contribution in [1.82, 2.24) is 0 Å². The number of rotatable bonds is 11. The van der Waals surface area contributed by atoms with E-state index in [9.17, 15) is 0 Å². The quantitative estimate of drug-likeness (QED) is 0.193. The van der Waals surface area contributed by atoms with E-state index in [1.807, 2.05) is 0 Å². The van der Waals surface area contributed by atoms with Crippen LogP contribution in [0.5, 0.6) is 0 Å². The molecule has 134 valence electrons. The predicted molar refractivity (Wildman–Crippen MR) is 117 cm³/mol. The molecule has 2 aromatic rings. The van der Waals surface area contributed by atoms with Crippen LogP contribution >= 0.6 is 31.9 Å². The van der Waals surface area contributed by atoms with Crippen molar-refractivity contribution in [2.75, 3.05) is 0 Å². The van der Waals surface area contributed by atoms with Gasteiger partial charge in [0, 0.05) is 0 Å². The molecule has 0 spiro atoms. The fourth-order valence-electron chi connectivity index (χ4n) is 2.88. The minimum atomic E-state index is 0.499. The Morgan fingerprint density at radius 1 is 0.667 bits per heavy atom. The molecule has 0 radical (unpaired) electrons. The molecule has 2 rings (SSSR count). The van der Waals surface area contributed by atoms with Gasteiger partial charge in [0.2, 0.25) is 0 Å². The normalized spacial score (nSPS) is 11.3. The van der Waals surface area contributed by atoms with Crippen molar-refractivity contribution in [3.05, 3.63) is 30.0 Å². The molecule has 24 heavy (non-hydrogen) atoms. The summed E-state index contributed by atoms with van der Waals surface area (Å²) in [7, 11) is 0. The van der Waals surface area contributed by atoms with Gasteiger partial charge < -0.3 is 0 Å².